The van der Waals surface area contributed by atoms with Crippen molar-refractivity contribution >= 4 is 17.4 Å². The van der Waals surface area contributed by atoms with E-state index in [1.54, 1.807) is 0 Å². The Morgan fingerprint density at radius 1 is 0.897 bits per heavy atom. The van der Waals surface area contributed by atoms with Crippen LogP contribution in [0.2, 0.25) is 0 Å². The second kappa shape index (κ2) is 9.31. The predicted octanol–water partition coefficient (Wildman–Crippen LogP) is 4.34. The highest BCUT2D eigenvalue weighted by Gasteiger charge is 2.20. The topological polar surface area (TPSA) is 38.8 Å². The summed E-state index contributed by atoms with van der Waals surface area (Å²) in [5.74, 6) is 0. The van der Waals surface area contributed by atoms with Crippen LogP contribution in [0.5, 0.6) is 0 Å². The van der Waals surface area contributed by atoms with E-state index in [0.717, 1.165) is 63.5 Å². The summed E-state index contributed by atoms with van der Waals surface area (Å²) < 4.78 is 0. The van der Waals surface area contributed by atoms with Crippen molar-refractivity contribution in [2.24, 2.45) is 0 Å². The van der Waals surface area contributed by atoms with Gasteiger partial charge in [0.25, 0.3) is 0 Å². The first-order valence-corrected chi connectivity index (χ1v) is 10.9. The Labute approximate surface area is 174 Å². The fourth-order valence-electron chi connectivity index (χ4n) is 4.33. The molecule has 0 saturated carbocycles. The summed E-state index contributed by atoms with van der Waals surface area (Å²) in [6.45, 7) is 8.83. The maximum Gasteiger partial charge on any atom is 0.321 e. The summed E-state index contributed by atoms with van der Waals surface area (Å²) in [4.78, 5) is 19.7. The van der Waals surface area contributed by atoms with Gasteiger partial charge in [0.1, 0.15) is 0 Å². The number of anilines is 2. The van der Waals surface area contributed by atoms with E-state index in [1.165, 1.54) is 24.1 Å². The number of carbonyl (C=O) groups excluding carboxylic acids is 1. The molecular weight excluding hydrogens is 360 g/mol. The highest BCUT2D eigenvalue weighted by atomic mass is 16.2. The molecule has 1 N–H and O–H groups in total. The first kappa shape index (κ1) is 19.8. The third kappa shape index (κ3) is 5.10. The van der Waals surface area contributed by atoms with Crippen LogP contribution in [0.3, 0.4) is 0 Å². The van der Waals surface area contributed by atoms with Crippen molar-refractivity contribution in [3.05, 3.63) is 59.7 Å². The first-order chi connectivity index (χ1) is 14.2. The second-order valence-electron chi connectivity index (χ2n) is 8.23. The molecular formula is C24H32N4O. The number of amides is 2. The maximum atomic E-state index is 12.9. The van der Waals surface area contributed by atoms with Gasteiger partial charge in [0.15, 0.2) is 0 Å². The minimum atomic E-state index is 0.0172. The molecule has 2 heterocycles. The van der Waals surface area contributed by atoms with Crippen molar-refractivity contribution in [3.63, 3.8) is 0 Å². The van der Waals surface area contributed by atoms with Gasteiger partial charge in [-0.1, -0.05) is 30.3 Å². The average Bonchev–Trinajstić information content (AvgIpc) is 3.17. The van der Waals surface area contributed by atoms with Crippen LogP contribution < -0.4 is 10.2 Å². The van der Waals surface area contributed by atoms with Crippen LogP contribution in [0, 0.1) is 6.92 Å². The van der Waals surface area contributed by atoms with E-state index in [-0.39, 0.29) is 6.03 Å². The average molecular weight is 393 g/mol. The van der Waals surface area contributed by atoms with E-state index in [2.05, 4.69) is 70.6 Å². The van der Waals surface area contributed by atoms with Crippen molar-refractivity contribution in [3.8, 4) is 0 Å². The fourth-order valence-corrected chi connectivity index (χ4v) is 4.33. The standard InChI is InChI=1S/C24H32N4O/c1-20-18-22(27-13-5-6-14-27)10-11-23(20)25-24(29)28-15-7-12-26(16-17-28)19-21-8-3-2-4-9-21/h2-4,8-11,18H,5-7,12-17,19H2,1H3,(H,25,29). The molecule has 5 nitrogen and oxygen atoms in total. The van der Waals surface area contributed by atoms with Crippen LogP contribution in [0.25, 0.3) is 0 Å². The zero-order valence-electron chi connectivity index (χ0n) is 17.4. The summed E-state index contributed by atoms with van der Waals surface area (Å²) >= 11 is 0. The SMILES string of the molecule is Cc1cc(N2CCCC2)ccc1NC(=O)N1CCCN(Cc2ccccc2)CC1. The first-order valence-electron chi connectivity index (χ1n) is 10.9. The lowest BCUT2D eigenvalue weighted by atomic mass is 10.1. The van der Waals surface area contributed by atoms with Crippen LogP contribution >= 0.6 is 0 Å². The molecule has 4 rings (SSSR count). The highest BCUT2D eigenvalue weighted by molar-refractivity contribution is 5.90. The fraction of sp³-hybridized carbons (Fsp3) is 0.458. The van der Waals surface area contributed by atoms with E-state index in [4.69, 9.17) is 0 Å². The minimum Gasteiger partial charge on any atom is -0.372 e. The van der Waals surface area contributed by atoms with Gasteiger partial charge in [0, 0.05) is 57.2 Å². The van der Waals surface area contributed by atoms with Crippen molar-refractivity contribution < 1.29 is 4.79 Å². The number of nitrogens with zero attached hydrogens (tertiary/aromatic N) is 3. The lowest BCUT2D eigenvalue weighted by Crippen LogP contribution is -2.38. The van der Waals surface area contributed by atoms with Gasteiger partial charge in [-0.05, 0) is 55.5 Å². The highest BCUT2D eigenvalue weighted by Crippen LogP contribution is 2.25. The van der Waals surface area contributed by atoms with Crippen molar-refractivity contribution in [2.45, 2.75) is 32.7 Å². The molecule has 0 atom stereocenters. The molecule has 2 saturated heterocycles. The molecule has 154 valence electrons. The molecule has 0 aromatic heterocycles. The molecule has 29 heavy (non-hydrogen) atoms. The number of rotatable bonds is 4. The molecule has 2 aliphatic rings. The van der Waals surface area contributed by atoms with Crippen LogP contribution in [0.1, 0.15) is 30.4 Å². The Hall–Kier alpha value is -2.53. The van der Waals surface area contributed by atoms with Gasteiger partial charge in [-0.15, -0.1) is 0 Å². The van der Waals surface area contributed by atoms with E-state index in [9.17, 15) is 4.79 Å². The molecule has 2 aromatic carbocycles. The summed E-state index contributed by atoms with van der Waals surface area (Å²) in [5, 5.41) is 3.14. The second-order valence-corrected chi connectivity index (χ2v) is 8.23. The number of hydrogen-bond donors (Lipinski definition) is 1. The predicted molar refractivity (Wildman–Crippen MR) is 120 cm³/mol. The maximum absolute atomic E-state index is 12.9. The lowest BCUT2D eigenvalue weighted by molar-refractivity contribution is 0.211. The summed E-state index contributed by atoms with van der Waals surface area (Å²) in [6.07, 6.45) is 3.55. The third-order valence-electron chi connectivity index (χ3n) is 6.05. The van der Waals surface area contributed by atoms with Gasteiger partial charge < -0.3 is 15.1 Å². The van der Waals surface area contributed by atoms with Crippen LogP contribution in [-0.4, -0.2) is 55.1 Å². The van der Waals surface area contributed by atoms with Gasteiger partial charge in [-0.25, -0.2) is 4.79 Å². The Balaban J connectivity index is 1.32. The van der Waals surface area contributed by atoms with Crippen LogP contribution in [0.4, 0.5) is 16.2 Å². The van der Waals surface area contributed by atoms with E-state index < -0.39 is 0 Å². The smallest absolute Gasteiger partial charge is 0.321 e. The molecule has 5 heteroatoms. The van der Waals surface area contributed by atoms with Crippen LogP contribution in [0.15, 0.2) is 48.5 Å². The minimum absolute atomic E-state index is 0.0172. The number of aryl methyl sites for hydroxylation is 1. The number of hydrogen-bond acceptors (Lipinski definition) is 3. The Morgan fingerprint density at radius 3 is 2.45 bits per heavy atom. The normalized spacial score (nSPS) is 18.0. The third-order valence-corrected chi connectivity index (χ3v) is 6.05. The van der Waals surface area contributed by atoms with Crippen LogP contribution in [-0.2, 0) is 6.54 Å². The molecule has 2 amide bonds. The van der Waals surface area contributed by atoms with Gasteiger partial charge in [0.05, 0.1) is 0 Å². The molecule has 2 aliphatic heterocycles. The zero-order chi connectivity index (χ0) is 20.1. The Bertz CT molecular complexity index is 817. The Morgan fingerprint density at radius 2 is 1.69 bits per heavy atom. The molecule has 0 radical (unpaired) electrons. The number of nitrogens with one attached hydrogen (secondary N) is 1. The largest absolute Gasteiger partial charge is 0.372 e. The summed E-state index contributed by atoms with van der Waals surface area (Å²) in [6, 6.07) is 17.0. The summed E-state index contributed by atoms with van der Waals surface area (Å²) in [7, 11) is 0. The molecule has 2 aromatic rings. The number of carbonyl (C=O) groups is 1. The number of benzene rings is 2. The molecule has 2 fully saturated rings. The quantitative estimate of drug-likeness (QED) is 0.841. The van der Waals surface area contributed by atoms with E-state index in [1.807, 2.05) is 4.90 Å². The molecule has 0 unspecified atom stereocenters. The zero-order valence-corrected chi connectivity index (χ0v) is 17.4. The van der Waals surface area contributed by atoms with Gasteiger partial charge in [-0.3, -0.25) is 4.90 Å². The molecule has 0 bridgehead atoms. The van der Waals surface area contributed by atoms with Crippen molar-refractivity contribution in [2.75, 3.05) is 49.5 Å². The van der Waals surface area contributed by atoms with Gasteiger partial charge in [0.2, 0.25) is 0 Å². The lowest BCUT2D eigenvalue weighted by Gasteiger charge is -2.23. The Kier molecular flexibility index (Phi) is 6.35. The van der Waals surface area contributed by atoms with Gasteiger partial charge >= 0.3 is 6.03 Å². The van der Waals surface area contributed by atoms with E-state index >= 15 is 0 Å². The van der Waals surface area contributed by atoms with Crippen molar-refractivity contribution in [1.29, 1.82) is 0 Å². The monoisotopic (exact) mass is 392 g/mol. The van der Waals surface area contributed by atoms with E-state index in [0.29, 0.717) is 0 Å². The summed E-state index contributed by atoms with van der Waals surface area (Å²) in [5.41, 5.74) is 4.65. The number of urea groups is 1. The molecule has 0 spiro atoms. The molecule has 0 aliphatic carbocycles. The van der Waals surface area contributed by atoms with Crippen molar-refractivity contribution in [1.82, 2.24) is 9.80 Å². The van der Waals surface area contributed by atoms with Gasteiger partial charge in [-0.2, -0.15) is 0 Å².